The molecule has 0 heterocycles. The maximum atomic E-state index is 11.9. The van der Waals surface area contributed by atoms with E-state index in [0.29, 0.717) is 0 Å². The highest BCUT2D eigenvalue weighted by molar-refractivity contribution is 7.53. The second-order valence-corrected chi connectivity index (χ2v) is 4.96. The molecule has 0 radical (unpaired) electrons. The first-order chi connectivity index (χ1) is 7.02. The number of methoxy groups -OCH3 is 1. The molecule has 0 fully saturated rings. The molecular formula is C8H18NO5P. The Morgan fingerprint density at radius 3 is 2.40 bits per heavy atom. The summed E-state index contributed by atoms with van der Waals surface area (Å²) in [5, 5.41) is 2.34. The molecule has 1 amide bonds. The minimum atomic E-state index is -3.23. The second kappa shape index (κ2) is 6.95. The van der Waals surface area contributed by atoms with Crippen molar-refractivity contribution >= 4 is 13.5 Å². The summed E-state index contributed by atoms with van der Waals surface area (Å²) >= 11 is 0. The smallest absolute Gasteiger partial charge is 0.333 e. The average molecular weight is 239 g/mol. The fourth-order valence-electron chi connectivity index (χ4n) is 0.855. The van der Waals surface area contributed by atoms with Crippen LogP contribution in [0.3, 0.4) is 0 Å². The van der Waals surface area contributed by atoms with E-state index < -0.39 is 19.8 Å². The van der Waals surface area contributed by atoms with Crippen molar-refractivity contribution < 1.29 is 23.1 Å². The standard InChI is InChI=1S/C8H18NO5P/c1-5-13-15(11,6-2)14-8(12-4)7(10)9-3/h8H,5-6H2,1-4H3,(H,9,10). The first-order valence-electron chi connectivity index (χ1n) is 4.69. The summed E-state index contributed by atoms with van der Waals surface area (Å²) < 4.78 is 26.6. The van der Waals surface area contributed by atoms with Gasteiger partial charge in [-0.1, -0.05) is 6.92 Å². The van der Waals surface area contributed by atoms with Crippen molar-refractivity contribution in [1.29, 1.82) is 0 Å². The normalized spacial score (nSPS) is 16.8. The predicted octanol–water partition coefficient (Wildman–Crippen LogP) is 0.971. The van der Waals surface area contributed by atoms with Gasteiger partial charge in [0, 0.05) is 20.3 Å². The lowest BCUT2D eigenvalue weighted by Crippen LogP contribution is -2.35. The third-order valence-electron chi connectivity index (χ3n) is 1.64. The van der Waals surface area contributed by atoms with Gasteiger partial charge in [-0.15, -0.1) is 0 Å². The van der Waals surface area contributed by atoms with E-state index in [9.17, 15) is 9.36 Å². The molecule has 0 aliphatic carbocycles. The number of rotatable bonds is 7. The van der Waals surface area contributed by atoms with Gasteiger partial charge in [-0.25, -0.2) is 0 Å². The Balaban J connectivity index is 4.49. The zero-order chi connectivity index (χ0) is 11.9. The van der Waals surface area contributed by atoms with E-state index in [4.69, 9.17) is 13.8 Å². The molecule has 15 heavy (non-hydrogen) atoms. The summed E-state index contributed by atoms with van der Waals surface area (Å²) in [5.41, 5.74) is 0. The zero-order valence-electron chi connectivity index (χ0n) is 9.48. The Hall–Kier alpha value is -0.420. The third kappa shape index (κ3) is 4.75. The molecule has 90 valence electrons. The summed E-state index contributed by atoms with van der Waals surface area (Å²) in [6.45, 7) is 3.62. The zero-order valence-corrected chi connectivity index (χ0v) is 10.4. The molecule has 2 unspecified atom stereocenters. The van der Waals surface area contributed by atoms with Crippen molar-refractivity contribution in [3.63, 3.8) is 0 Å². The van der Waals surface area contributed by atoms with Crippen LogP contribution in [0.15, 0.2) is 0 Å². The van der Waals surface area contributed by atoms with Gasteiger partial charge >= 0.3 is 7.60 Å². The maximum absolute atomic E-state index is 11.9. The van der Waals surface area contributed by atoms with Crippen LogP contribution in [0.2, 0.25) is 0 Å². The molecule has 0 aromatic carbocycles. The Morgan fingerprint density at radius 1 is 1.47 bits per heavy atom. The minimum Gasteiger partial charge on any atom is -0.355 e. The molecule has 0 aromatic heterocycles. The molecule has 1 N–H and O–H groups in total. The monoisotopic (exact) mass is 239 g/mol. The van der Waals surface area contributed by atoms with E-state index in [1.165, 1.54) is 14.2 Å². The molecule has 0 bridgehead atoms. The first kappa shape index (κ1) is 14.6. The Kier molecular flexibility index (Phi) is 6.76. The number of carbonyl (C=O) groups excluding carboxylic acids is 1. The van der Waals surface area contributed by atoms with Crippen molar-refractivity contribution in [2.24, 2.45) is 0 Å². The fourth-order valence-corrected chi connectivity index (χ4v) is 2.11. The van der Waals surface area contributed by atoms with Crippen LogP contribution in [-0.4, -0.2) is 39.1 Å². The number of likely N-dealkylation sites (N-methyl/N-ethyl adjacent to an activating group) is 1. The second-order valence-electron chi connectivity index (χ2n) is 2.63. The Bertz CT molecular complexity index is 245. The maximum Gasteiger partial charge on any atom is 0.333 e. The third-order valence-corrected chi connectivity index (χ3v) is 3.58. The molecule has 0 spiro atoms. The van der Waals surface area contributed by atoms with E-state index in [0.717, 1.165) is 0 Å². The van der Waals surface area contributed by atoms with Crippen LogP contribution in [0.4, 0.5) is 0 Å². The number of hydrogen-bond donors (Lipinski definition) is 1. The van der Waals surface area contributed by atoms with Gasteiger partial charge in [0.2, 0.25) is 6.29 Å². The van der Waals surface area contributed by atoms with Gasteiger partial charge < -0.3 is 14.6 Å². The van der Waals surface area contributed by atoms with Crippen LogP contribution in [0.5, 0.6) is 0 Å². The number of amides is 1. The summed E-state index contributed by atoms with van der Waals surface area (Å²) in [6.07, 6.45) is -1.01. The molecule has 2 atom stereocenters. The number of nitrogens with one attached hydrogen (secondary N) is 1. The molecule has 0 rings (SSSR count). The van der Waals surface area contributed by atoms with Gasteiger partial charge in [-0.05, 0) is 6.92 Å². The van der Waals surface area contributed by atoms with Gasteiger partial charge in [0.05, 0.1) is 6.61 Å². The lowest BCUT2D eigenvalue weighted by molar-refractivity contribution is -0.148. The highest BCUT2D eigenvalue weighted by Crippen LogP contribution is 2.48. The van der Waals surface area contributed by atoms with E-state index in [1.807, 2.05) is 0 Å². The highest BCUT2D eigenvalue weighted by atomic mass is 31.2. The predicted molar refractivity (Wildman–Crippen MR) is 55.7 cm³/mol. The van der Waals surface area contributed by atoms with Crippen molar-refractivity contribution in [2.75, 3.05) is 26.9 Å². The molecule has 0 aliphatic heterocycles. The van der Waals surface area contributed by atoms with Crippen LogP contribution >= 0.6 is 7.60 Å². The van der Waals surface area contributed by atoms with Crippen molar-refractivity contribution in [1.82, 2.24) is 5.32 Å². The van der Waals surface area contributed by atoms with Gasteiger partial charge in [0.25, 0.3) is 5.91 Å². The number of carbonyl (C=O) groups is 1. The van der Waals surface area contributed by atoms with Crippen molar-refractivity contribution in [3.8, 4) is 0 Å². The summed E-state index contributed by atoms with van der Waals surface area (Å²) in [4.78, 5) is 11.2. The first-order valence-corrected chi connectivity index (χ1v) is 6.42. The van der Waals surface area contributed by atoms with Gasteiger partial charge in [-0.2, -0.15) is 0 Å². The highest BCUT2D eigenvalue weighted by Gasteiger charge is 2.30. The average Bonchev–Trinajstić information content (AvgIpc) is 2.25. The van der Waals surface area contributed by atoms with Crippen LogP contribution in [0, 0.1) is 0 Å². The van der Waals surface area contributed by atoms with E-state index in [1.54, 1.807) is 13.8 Å². The lowest BCUT2D eigenvalue weighted by Gasteiger charge is -2.21. The van der Waals surface area contributed by atoms with E-state index in [2.05, 4.69) is 5.32 Å². The van der Waals surface area contributed by atoms with Gasteiger partial charge in [0.1, 0.15) is 0 Å². The number of hydrogen-bond acceptors (Lipinski definition) is 5. The largest absolute Gasteiger partial charge is 0.355 e. The van der Waals surface area contributed by atoms with E-state index >= 15 is 0 Å². The van der Waals surface area contributed by atoms with Crippen molar-refractivity contribution in [3.05, 3.63) is 0 Å². The molecule has 0 aliphatic rings. The van der Waals surface area contributed by atoms with Crippen LogP contribution in [-0.2, 0) is 23.1 Å². The molecule has 0 saturated heterocycles. The van der Waals surface area contributed by atoms with Gasteiger partial charge in [-0.3, -0.25) is 13.9 Å². The molecule has 7 heteroatoms. The van der Waals surface area contributed by atoms with Crippen molar-refractivity contribution in [2.45, 2.75) is 20.1 Å². The molecule has 0 saturated carbocycles. The Morgan fingerprint density at radius 2 is 2.07 bits per heavy atom. The topological polar surface area (TPSA) is 73.9 Å². The summed E-state index contributed by atoms with van der Waals surface area (Å²) in [5.74, 6) is -0.495. The van der Waals surface area contributed by atoms with Crippen LogP contribution in [0.1, 0.15) is 13.8 Å². The van der Waals surface area contributed by atoms with Gasteiger partial charge in [0.15, 0.2) is 0 Å². The summed E-state index contributed by atoms with van der Waals surface area (Å²) in [7, 11) is -0.489. The quantitative estimate of drug-likeness (QED) is 0.529. The number of ether oxygens (including phenoxy) is 1. The molecular weight excluding hydrogens is 221 g/mol. The Labute approximate surface area is 89.8 Å². The lowest BCUT2D eigenvalue weighted by atomic mass is 10.6. The summed E-state index contributed by atoms with van der Waals surface area (Å²) in [6, 6.07) is 0. The minimum absolute atomic E-state index is 0.192. The van der Waals surface area contributed by atoms with Crippen LogP contribution < -0.4 is 5.32 Å². The fraction of sp³-hybridized carbons (Fsp3) is 0.875. The molecule has 6 nitrogen and oxygen atoms in total. The SMILES string of the molecule is CCOP(=O)(CC)OC(OC)C(=O)NC. The van der Waals surface area contributed by atoms with E-state index in [-0.39, 0.29) is 12.8 Å². The van der Waals surface area contributed by atoms with Crippen LogP contribution in [0.25, 0.3) is 0 Å². The molecule has 0 aromatic rings.